The molecule has 0 unspecified atom stereocenters. The first-order valence-corrected chi connectivity index (χ1v) is 6.88. The van der Waals surface area contributed by atoms with Crippen LogP contribution in [-0.2, 0) is 13.0 Å². The molecule has 0 saturated carbocycles. The molecule has 6 heteroatoms. The molecule has 2 rings (SSSR count). The van der Waals surface area contributed by atoms with Gasteiger partial charge in [0.25, 0.3) is 0 Å². The Morgan fingerprint density at radius 2 is 2.32 bits per heavy atom. The van der Waals surface area contributed by atoms with Gasteiger partial charge in [0.2, 0.25) is 0 Å². The average Bonchev–Trinajstić information content (AvgIpc) is 2.96. The van der Waals surface area contributed by atoms with Gasteiger partial charge in [-0.15, -0.1) is 0 Å². The molecule has 2 aromatic heterocycles. The number of oxime groups is 1. The fourth-order valence-electron chi connectivity index (χ4n) is 1.68. The summed E-state index contributed by atoms with van der Waals surface area (Å²) in [6, 6.07) is 5.85. The molecule has 0 aromatic carbocycles. The van der Waals surface area contributed by atoms with E-state index >= 15 is 0 Å². The number of nitrogens with two attached hydrogens (primary N) is 1. The molecule has 100 valence electrons. The van der Waals surface area contributed by atoms with Crippen LogP contribution in [0.4, 0.5) is 0 Å². The number of nitrogens with one attached hydrogen (secondary N) is 1. The van der Waals surface area contributed by atoms with Crippen molar-refractivity contribution >= 4 is 17.2 Å². The lowest BCUT2D eigenvalue weighted by Gasteiger charge is -2.05. The van der Waals surface area contributed by atoms with Crippen LogP contribution in [0.15, 0.2) is 40.3 Å². The number of rotatable bonds is 6. The highest BCUT2D eigenvalue weighted by Crippen LogP contribution is 2.06. The quantitative estimate of drug-likeness (QED) is 0.246. The van der Waals surface area contributed by atoms with E-state index in [0.717, 1.165) is 25.1 Å². The Labute approximate surface area is 115 Å². The Hall–Kier alpha value is -1.92. The number of nitrogens with zero attached hydrogens (tertiary/aromatic N) is 2. The van der Waals surface area contributed by atoms with Crippen molar-refractivity contribution in [2.45, 2.75) is 13.0 Å². The number of thiophene rings is 1. The average molecular weight is 276 g/mol. The zero-order chi connectivity index (χ0) is 13.5. The van der Waals surface area contributed by atoms with Crippen LogP contribution in [0.5, 0.6) is 0 Å². The molecule has 0 aliphatic rings. The van der Waals surface area contributed by atoms with Crippen LogP contribution in [0.1, 0.15) is 16.8 Å². The highest BCUT2D eigenvalue weighted by atomic mass is 32.1. The Kier molecular flexibility index (Phi) is 4.88. The molecule has 0 aliphatic carbocycles. The number of hydrogen-bond acceptors (Lipinski definition) is 5. The first-order valence-electron chi connectivity index (χ1n) is 5.94. The van der Waals surface area contributed by atoms with Gasteiger partial charge in [-0.25, -0.2) is 0 Å². The minimum Gasteiger partial charge on any atom is -0.409 e. The van der Waals surface area contributed by atoms with E-state index in [-0.39, 0.29) is 5.84 Å². The standard InChI is InChI=1S/C13H16N4OS/c14-13(17-18)12-7-11(2-5-16-12)8-15-4-1-10-3-6-19-9-10/h2-3,5-7,9,15,18H,1,4,8H2,(H2,14,17). The molecule has 0 amide bonds. The SMILES string of the molecule is NC(=NO)c1cc(CNCCc2ccsc2)ccn1. The third kappa shape index (κ3) is 4.04. The summed E-state index contributed by atoms with van der Waals surface area (Å²) in [7, 11) is 0. The van der Waals surface area contributed by atoms with Crippen molar-refractivity contribution in [1.82, 2.24) is 10.3 Å². The lowest BCUT2D eigenvalue weighted by molar-refractivity contribution is 0.318. The molecule has 2 heterocycles. The van der Waals surface area contributed by atoms with Crippen LogP contribution in [0.2, 0.25) is 0 Å². The molecule has 0 bridgehead atoms. The Morgan fingerprint density at radius 3 is 3.05 bits per heavy atom. The minimum absolute atomic E-state index is 0.0279. The predicted molar refractivity (Wildman–Crippen MR) is 76.5 cm³/mol. The fourth-order valence-corrected chi connectivity index (χ4v) is 2.38. The fraction of sp³-hybridized carbons (Fsp3) is 0.231. The number of amidine groups is 1. The molecule has 5 nitrogen and oxygen atoms in total. The van der Waals surface area contributed by atoms with Crippen LogP contribution >= 0.6 is 11.3 Å². The number of pyridine rings is 1. The third-order valence-electron chi connectivity index (χ3n) is 2.69. The van der Waals surface area contributed by atoms with Gasteiger partial charge in [0.15, 0.2) is 5.84 Å². The summed E-state index contributed by atoms with van der Waals surface area (Å²) in [6.07, 6.45) is 2.67. The predicted octanol–water partition coefficient (Wildman–Crippen LogP) is 1.57. The summed E-state index contributed by atoms with van der Waals surface area (Å²) in [6.45, 7) is 1.65. The van der Waals surface area contributed by atoms with Crippen molar-refractivity contribution in [2.24, 2.45) is 10.9 Å². The van der Waals surface area contributed by atoms with Crippen LogP contribution in [-0.4, -0.2) is 22.6 Å². The van der Waals surface area contributed by atoms with E-state index in [2.05, 4.69) is 32.3 Å². The Morgan fingerprint density at radius 1 is 1.42 bits per heavy atom. The monoisotopic (exact) mass is 276 g/mol. The van der Waals surface area contributed by atoms with Gasteiger partial charge in [-0.05, 0) is 53.1 Å². The van der Waals surface area contributed by atoms with Crippen molar-refractivity contribution in [3.8, 4) is 0 Å². The Balaban J connectivity index is 1.82. The summed E-state index contributed by atoms with van der Waals surface area (Å²) in [4.78, 5) is 4.04. The second kappa shape index (κ2) is 6.86. The maximum absolute atomic E-state index is 8.61. The van der Waals surface area contributed by atoms with Gasteiger partial charge in [-0.3, -0.25) is 4.98 Å². The van der Waals surface area contributed by atoms with Crippen LogP contribution in [0.25, 0.3) is 0 Å². The summed E-state index contributed by atoms with van der Waals surface area (Å²) in [5.41, 5.74) is 8.39. The molecule has 0 atom stereocenters. The lowest BCUT2D eigenvalue weighted by atomic mass is 10.2. The van der Waals surface area contributed by atoms with E-state index in [1.807, 2.05) is 12.1 Å². The van der Waals surface area contributed by atoms with Crippen LogP contribution in [0, 0.1) is 0 Å². The van der Waals surface area contributed by atoms with Crippen LogP contribution in [0.3, 0.4) is 0 Å². The first-order chi connectivity index (χ1) is 9.29. The maximum Gasteiger partial charge on any atom is 0.188 e. The van der Waals surface area contributed by atoms with Crippen molar-refractivity contribution in [3.05, 3.63) is 52.0 Å². The number of aromatic nitrogens is 1. The topological polar surface area (TPSA) is 83.5 Å². The third-order valence-corrected chi connectivity index (χ3v) is 3.43. The lowest BCUT2D eigenvalue weighted by Crippen LogP contribution is -2.18. The van der Waals surface area contributed by atoms with E-state index in [1.54, 1.807) is 17.5 Å². The van der Waals surface area contributed by atoms with E-state index in [1.165, 1.54) is 5.56 Å². The summed E-state index contributed by atoms with van der Waals surface area (Å²) >= 11 is 1.71. The number of hydrogen-bond donors (Lipinski definition) is 3. The second-order valence-electron chi connectivity index (χ2n) is 4.09. The molecular formula is C13H16N4OS. The normalized spacial score (nSPS) is 11.7. The van der Waals surface area contributed by atoms with Gasteiger partial charge in [-0.1, -0.05) is 5.16 Å². The highest BCUT2D eigenvalue weighted by Gasteiger charge is 2.02. The maximum atomic E-state index is 8.61. The molecule has 0 fully saturated rings. The zero-order valence-corrected chi connectivity index (χ0v) is 11.2. The van der Waals surface area contributed by atoms with E-state index in [9.17, 15) is 0 Å². The van der Waals surface area contributed by atoms with Gasteiger partial charge < -0.3 is 16.3 Å². The van der Waals surface area contributed by atoms with Crippen LogP contribution < -0.4 is 11.1 Å². The first kappa shape index (κ1) is 13.5. The summed E-state index contributed by atoms with van der Waals surface area (Å²) < 4.78 is 0. The largest absolute Gasteiger partial charge is 0.409 e. The van der Waals surface area contributed by atoms with E-state index < -0.39 is 0 Å². The van der Waals surface area contributed by atoms with Gasteiger partial charge in [0.05, 0.1) is 0 Å². The van der Waals surface area contributed by atoms with Crippen molar-refractivity contribution in [2.75, 3.05) is 6.54 Å². The molecule has 4 N–H and O–H groups in total. The van der Waals surface area contributed by atoms with E-state index in [4.69, 9.17) is 10.9 Å². The smallest absolute Gasteiger partial charge is 0.188 e. The molecule has 2 aromatic rings. The molecule has 0 saturated heterocycles. The van der Waals surface area contributed by atoms with Gasteiger partial charge >= 0.3 is 0 Å². The highest BCUT2D eigenvalue weighted by molar-refractivity contribution is 7.07. The summed E-state index contributed by atoms with van der Waals surface area (Å²) in [5, 5.41) is 19.1. The minimum atomic E-state index is 0.0279. The van der Waals surface area contributed by atoms with E-state index in [0.29, 0.717) is 5.69 Å². The van der Waals surface area contributed by atoms with Gasteiger partial charge in [0.1, 0.15) is 5.69 Å². The molecule has 0 radical (unpaired) electrons. The van der Waals surface area contributed by atoms with Crippen molar-refractivity contribution in [1.29, 1.82) is 0 Å². The molecule has 0 spiro atoms. The molecular weight excluding hydrogens is 260 g/mol. The summed E-state index contributed by atoms with van der Waals surface area (Å²) in [5.74, 6) is 0.0279. The zero-order valence-electron chi connectivity index (χ0n) is 10.4. The second-order valence-corrected chi connectivity index (χ2v) is 4.87. The Bertz CT molecular complexity index is 539. The van der Waals surface area contributed by atoms with Gasteiger partial charge in [-0.2, -0.15) is 11.3 Å². The van der Waals surface area contributed by atoms with Crippen molar-refractivity contribution < 1.29 is 5.21 Å². The van der Waals surface area contributed by atoms with Gasteiger partial charge in [0, 0.05) is 12.7 Å². The molecule has 0 aliphatic heterocycles. The van der Waals surface area contributed by atoms with Crippen molar-refractivity contribution in [3.63, 3.8) is 0 Å². The molecule has 19 heavy (non-hydrogen) atoms.